The maximum atomic E-state index is 13.0. The van der Waals surface area contributed by atoms with Crippen LogP contribution in [0.1, 0.15) is 32.8 Å². The van der Waals surface area contributed by atoms with E-state index in [1.165, 1.54) is 29.2 Å². The van der Waals surface area contributed by atoms with Gasteiger partial charge in [-0.1, -0.05) is 36.7 Å². The standard InChI is InChI=1S/C22H26ClFN2O3/c1-4-15(2)25-22(28)16(3)26(13-17-7-5-6-8-20(17)23)21(27)14-29-19-11-9-18(24)10-12-19/h5-12,15-16H,4,13-14H2,1-3H3,(H,25,28). The third kappa shape index (κ3) is 6.75. The molecular formula is C22H26ClFN2O3. The van der Waals surface area contributed by atoms with Crippen LogP contribution in [0.2, 0.25) is 5.02 Å². The first-order valence-corrected chi connectivity index (χ1v) is 9.91. The Kier molecular flexibility index (Phi) is 8.46. The minimum Gasteiger partial charge on any atom is -0.484 e. The Bertz CT molecular complexity index is 829. The van der Waals surface area contributed by atoms with Crippen LogP contribution in [0.3, 0.4) is 0 Å². The number of hydrogen-bond donors (Lipinski definition) is 1. The van der Waals surface area contributed by atoms with Crippen LogP contribution >= 0.6 is 11.6 Å². The van der Waals surface area contributed by atoms with Crippen molar-refractivity contribution in [1.29, 1.82) is 0 Å². The Morgan fingerprint density at radius 3 is 2.41 bits per heavy atom. The lowest BCUT2D eigenvalue weighted by Crippen LogP contribution is -2.50. The third-order valence-electron chi connectivity index (χ3n) is 4.64. The van der Waals surface area contributed by atoms with Gasteiger partial charge >= 0.3 is 0 Å². The number of amides is 2. The molecule has 156 valence electrons. The summed E-state index contributed by atoms with van der Waals surface area (Å²) in [7, 11) is 0. The first kappa shape index (κ1) is 22.7. The van der Waals surface area contributed by atoms with E-state index in [2.05, 4.69) is 5.32 Å². The molecule has 0 saturated heterocycles. The molecule has 0 spiro atoms. The van der Waals surface area contributed by atoms with Crippen LogP contribution in [-0.4, -0.2) is 35.4 Å². The Hall–Kier alpha value is -2.60. The van der Waals surface area contributed by atoms with Gasteiger partial charge in [-0.05, 0) is 56.2 Å². The third-order valence-corrected chi connectivity index (χ3v) is 5.01. The molecule has 0 saturated carbocycles. The summed E-state index contributed by atoms with van der Waals surface area (Å²) in [6.45, 7) is 5.43. The van der Waals surface area contributed by atoms with Gasteiger partial charge in [0.25, 0.3) is 5.91 Å². The predicted octanol–water partition coefficient (Wildman–Crippen LogP) is 4.19. The molecule has 0 heterocycles. The molecule has 1 N–H and O–H groups in total. The summed E-state index contributed by atoms with van der Waals surface area (Å²) in [4.78, 5) is 27.0. The molecule has 2 atom stereocenters. The smallest absolute Gasteiger partial charge is 0.261 e. The van der Waals surface area contributed by atoms with Crippen molar-refractivity contribution < 1.29 is 18.7 Å². The van der Waals surface area contributed by atoms with E-state index in [0.717, 1.165) is 12.0 Å². The summed E-state index contributed by atoms with van der Waals surface area (Å²) < 4.78 is 18.5. The molecule has 0 fully saturated rings. The lowest BCUT2D eigenvalue weighted by atomic mass is 10.1. The van der Waals surface area contributed by atoms with Crippen molar-refractivity contribution in [3.8, 4) is 5.75 Å². The Morgan fingerprint density at radius 1 is 1.14 bits per heavy atom. The second kappa shape index (κ2) is 10.8. The molecule has 2 aromatic carbocycles. The molecule has 2 rings (SSSR count). The van der Waals surface area contributed by atoms with Crippen molar-refractivity contribution in [2.45, 2.75) is 45.8 Å². The first-order valence-electron chi connectivity index (χ1n) is 9.53. The highest BCUT2D eigenvalue weighted by atomic mass is 35.5. The normalized spacial score (nSPS) is 12.7. The Morgan fingerprint density at radius 2 is 1.79 bits per heavy atom. The molecular weight excluding hydrogens is 395 g/mol. The highest BCUT2D eigenvalue weighted by Gasteiger charge is 2.27. The Labute approximate surface area is 175 Å². The summed E-state index contributed by atoms with van der Waals surface area (Å²) in [5.74, 6) is -0.643. The fraction of sp³-hybridized carbons (Fsp3) is 0.364. The van der Waals surface area contributed by atoms with Gasteiger partial charge < -0.3 is 15.0 Å². The molecule has 5 nitrogen and oxygen atoms in total. The van der Waals surface area contributed by atoms with Gasteiger partial charge in [-0.2, -0.15) is 0 Å². The van der Waals surface area contributed by atoms with E-state index in [9.17, 15) is 14.0 Å². The van der Waals surface area contributed by atoms with Crippen LogP contribution in [-0.2, 0) is 16.1 Å². The largest absolute Gasteiger partial charge is 0.484 e. The average Bonchev–Trinajstić information content (AvgIpc) is 2.71. The maximum absolute atomic E-state index is 13.0. The van der Waals surface area contributed by atoms with E-state index in [1.807, 2.05) is 26.0 Å². The number of benzene rings is 2. The lowest BCUT2D eigenvalue weighted by Gasteiger charge is -2.30. The molecule has 0 radical (unpaired) electrons. The second-order valence-corrected chi connectivity index (χ2v) is 7.26. The minimum absolute atomic E-state index is 0.00215. The summed E-state index contributed by atoms with van der Waals surface area (Å²) in [6.07, 6.45) is 0.782. The van der Waals surface area contributed by atoms with Gasteiger partial charge in [-0.25, -0.2) is 4.39 Å². The number of nitrogens with zero attached hydrogens (tertiary/aromatic N) is 1. The highest BCUT2D eigenvalue weighted by Crippen LogP contribution is 2.19. The lowest BCUT2D eigenvalue weighted by molar-refractivity contribution is -0.142. The minimum atomic E-state index is -0.718. The van der Waals surface area contributed by atoms with Crippen molar-refractivity contribution >= 4 is 23.4 Å². The first-order chi connectivity index (χ1) is 13.8. The van der Waals surface area contributed by atoms with Crippen molar-refractivity contribution in [2.75, 3.05) is 6.61 Å². The van der Waals surface area contributed by atoms with Crippen molar-refractivity contribution in [1.82, 2.24) is 10.2 Å². The van der Waals surface area contributed by atoms with E-state index in [1.54, 1.807) is 19.1 Å². The van der Waals surface area contributed by atoms with Crippen molar-refractivity contribution in [3.05, 3.63) is 64.9 Å². The zero-order valence-corrected chi connectivity index (χ0v) is 17.6. The zero-order chi connectivity index (χ0) is 21.4. The number of hydrogen-bond acceptors (Lipinski definition) is 3. The van der Waals surface area contributed by atoms with Crippen LogP contribution in [0.25, 0.3) is 0 Å². The second-order valence-electron chi connectivity index (χ2n) is 6.85. The molecule has 0 aromatic heterocycles. The molecule has 2 unspecified atom stereocenters. The van der Waals surface area contributed by atoms with E-state index in [4.69, 9.17) is 16.3 Å². The number of nitrogens with one attached hydrogen (secondary N) is 1. The average molecular weight is 421 g/mol. The van der Waals surface area contributed by atoms with Gasteiger partial charge in [0, 0.05) is 17.6 Å². The number of ether oxygens (including phenoxy) is 1. The number of rotatable bonds is 9. The van der Waals surface area contributed by atoms with Gasteiger partial charge in [0.2, 0.25) is 5.91 Å². The van der Waals surface area contributed by atoms with Crippen LogP contribution in [0.5, 0.6) is 5.75 Å². The molecule has 0 aliphatic heterocycles. The maximum Gasteiger partial charge on any atom is 0.261 e. The molecule has 0 aliphatic rings. The summed E-state index contributed by atoms with van der Waals surface area (Å²) in [6, 6.07) is 11.8. The number of carbonyl (C=O) groups is 2. The quantitative estimate of drug-likeness (QED) is 0.661. The molecule has 2 aromatic rings. The fourth-order valence-electron chi connectivity index (χ4n) is 2.62. The summed E-state index contributed by atoms with van der Waals surface area (Å²) >= 11 is 6.25. The van der Waals surface area contributed by atoms with Gasteiger partial charge in [0.05, 0.1) is 0 Å². The van der Waals surface area contributed by atoms with Crippen LogP contribution < -0.4 is 10.1 Å². The van der Waals surface area contributed by atoms with Crippen LogP contribution in [0.4, 0.5) is 4.39 Å². The van der Waals surface area contributed by atoms with Gasteiger partial charge in [-0.15, -0.1) is 0 Å². The topological polar surface area (TPSA) is 58.6 Å². The van der Waals surface area contributed by atoms with E-state index in [-0.39, 0.29) is 36.8 Å². The van der Waals surface area contributed by atoms with Crippen molar-refractivity contribution in [3.63, 3.8) is 0 Å². The van der Waals surface area contributed by atoms with Crippen LogP contribution in [0, 0.1) is 5.82 Å². The molecule has 2 amide bonds. The highest BCUT2D eigenvalue weighted by molar-refractivity contribution is 6.31. The molecule has 29 heavy (non-hydrogen) atoms. The van der Waals surface area contributed by atoms with E-state index in [0.29, 0.717) is 10.8 Å². The Balaban J connectivity index is 2.15. The SMILES string of the molecule is CCC(C)NC(=O)C(C)N(Cc1ccccc1Cl)C(=O)COc1ccc(F)cc1. The monoisotopic (exact) mass is 420 g/mol. The summed E-state index contributed by atoms with van der Waals surface area (Å²) in [5, 5.41) is 3.41. The van der Waals surface area contributed by atoms with E-state index >= 15 is 0 Å². The number of carbonyl (C=O) groups excluding carboxylic acids is 2. The molecule has 0 bridgehead atoms. The fourth-order valence-corrected chi connectivity index (χ4v) is 2.81. The van der Waals surface area contributed by atoms with Gasteiger partial charge in [0.15, 0.2) is 6.61 Å². The number of halogens is 2. The zero-order valence-electron chi connectivity index (χ0n) is 16.8. The predicted molar refractivity (Wildman–Crippen MR) is 111 cm³/mol. The molecule has 7 heteroatoms. The van der Waals surface area contributed by atoms with E-state index < -0.39 is 6.04 Å². The van der Waals surface area contributed by atoms with Gasteiger partial charge in [0.1, 0.15) is 17.6 Å². The van der Waals surface area contributed by atoms with Crippen LogP contribution in [0.15, 0.2) is 48.5 Å². The van der Waals surface area contributed by atoms with Gasteiger partial charge in [-0.3, -0.25) is 9.59 Å². The molecule has 0 aliphatic carbocycles. The summed E-state index contributed by atoms with van der Waals surface area (Å²) in [5.41, 5.74) is 0.729. The van der Waals surface area contributed by atoms with Crippen molar-refractivity contribution in [2.24, 2.45) is 0 Å².